The molecule has 0 bridgehead atoms. The highest BCUT2D eigenvalue weighted by Crippen LogP contribution is 2.37. The Labute approximate surface area is 268 Å². The number of nitrogens with zero attached hydrogens (tertiary/aromatic N) is 4. The second-order valence-electron chi connectivity index (χ2n) is 11.4. The van der Waals surface area contributed by atoms with Crippen molar-refractivity contribution >= 4 is 46.2 Å². The highest BCUT2D eigenvalue weighted by molar-refractivity contribution is 6.01. The molecule has 12 nitrogen and oxygen atoms in total. The first kappa shape index (κ1) is 32.0. The summed E-state index contributed by atoms with van der Waals surface area (Å²) in [7, 11) is 7.17. The molecule has 2 heterocycles. The largest absolute Gasteiger partial charge is 0.494 e. The molecule has 1 aromatic heterocycles. The van der Waals surface area contributed by atoms with Gasteiger partial charge in [-0.2, -0.15) is 0 Å². The van der Waals surface area contributed by atoms with Crippen molar-refractivity contribution in [1.29, 1.82) is 0 Å². The number of amides is 3. The molecule has 1 fully saturated rings. The summed E-state index contributed by atoms with van der Waals surface area (Å²) in [6.45, 7) is 3.33. The molecule has 5 rings (SSSR count). The fourth-order valence-electron chi connectivity index (χ4n) is 5.23. The lowest BCUT2D eigenvalue weighted by Gasteiger charge is -2.26. The predicted molar refractivity (Wildman–Crippen MR) is 179 cm³/mol. The molecule has 2 aromatic carbocycles. The van der Waals surface area contributed by atoms with Gasteiger partial charge < -0.3 is 35.8 Å². The van der Waals surface area contributed by atoms with Gasteiger partial charge >= 0.3 is 0 Å². The van der Waals surface area contributed by atoms with Gasteiger partial charge in [0.25, 0.3) is 11.8 Å². The zero-order valence-electron chi connectivity index (χ0n) is 26.8. The Balaban J connectivity index is 1.40. The van der Waals surface area contributed by atoms with Gasteiger partial charge in [0.15, 0.2) is 11.5 Å². The average molecular weight is 625 g/mol. The van der Waals surface area contributed by atoms with E-state index in [4.69, 9.17) is 4.74 Å². The highest BCUT2D eigenvalue weighted by Gasteiger charge is 2.30. The maximum absolute atomic E-state index is 13.3. The summed E-state index contributed by atoms with van der Waals surface area (Å²) in [5.74, 6) is 0.391. The molecule has 3 aromatic rings. The Morgan fingerprint density at radius 1 is 1.00 bits per heavy atom. The highest BCUT2D eigenvalue weighted by atomic mass is 16.5. The summed E-state index contributed by atoms with van der Waals surface area (Å²) in [6.07, 6.45) is 5.47. The summed E-state index contributed by atoms with van der Waals surface area (Å²) in [6, 6.07) is 15.2. The van der Waals surface area contributed by atoms with E-state index in [1.165, 1.54) is 7.05 Å². The Morgan fingerprint density at radius 3 is 2.46 bits per heavy atom. The van der Waals surface area contributed by atoms with Gasteiger partial charge in [-0.15, -0.1) is 10.2 Å². The molecule has 0 atom stereocenters. The van der Waals surface area contributed by atoms with Crippen LogP contribution in [0.15, 0.2) is 66.4 Å². The van der Waals surface area contributed by atoms with Crippen molar-refractivity contribution in [2.45, 2.75) is 26.3 Å². The number of rotatable bonds is 12. The SMILES string of the molecule is CCOc1ccccc1CN(C)C(=O)C1=CC=C(c2cccc(Nc3cc(NC(=O)C4CC4)nnc3C(=O)NC)c2N(C)C)CN1. The number of dihydropyridines is 1. The molecular weight excluding hydrogens is 584 g/mol. The standard InChI is InChI=1S/C34H40N8O4/c1-6-46-28-13-8-7-10-23(28)20-42(5)34(45)26-17-16-22(19-36-26)24-11-9-12-25(31(24)41(3)4)37-27-18-29(38-32(43)21-14-15-21)39-40-30(27)33(44)35-2/h7-13,16-18,21,36H,6,14-15,19-20H2,1-5H3,(H,35,44)(H2,37,38,39,43). The third kappa shape index (κ3) is 7.28. The van der Waals surface area contributed by atoms with Gasteiger partial charge in [0.1, 0.15) is 11.4 Å². The van der Waals surface area contributed by atoms with Crippen molar-refractivity contribution in [3.05, 3.63) is 83.2 Å². The van der Waals surface area contributed by atoms with Crippen molar-refractivity contribution in [2.24, 2.45) is 5.92 Å². The summed E-state index contributed by atoms with van der Waals surface area (Å²) in [5.41, 5.74) is 5.44. The van der Waals surface area contributed by atoms with E-state index in [1.807, 2.05) is 74.5 Å². The van der Waals surface area contributed by atoms with Crippen molar-refractivity contribution in [2.75, 3.05) is 56.9 Å². The van der Waals surface area contributed by atoms with Crippen LogP contribution >= 0.6 is 0 Å². The first-order valence-corrected chi connectivity index (χ1v) is 15.3. The minimum absolute atomic E-state index is 0.00592. The minimum atomic E-state index is -0.412. The molecular formula is C34H40N8O4. The van der Waals surface area contributed by atoms with Crippen LogP contribution in [-0.2, 0) is 16.1 Å². The van der Waals surface area contributed by atoms with E-state index in [0.717, 1.165) is 46.7 Å². The van der Waals surface area contributed by atoms with Crippen LogP contribution in [-0.4, -0.2) is 74.2 Å². The lowest BCUT2D eigenvalue weighted by atomic mass is 9.99. The fraction of sp³-hybridized carbons (Fsp3) is 0.324. The van der Waals surface area contributed by atoms with Gasteiger partial charge in [-0.1, -0.05) is 36.4 Å². The van der Waals surface area contributed by atoms with Crippen LogP contribution in [0.2, 0.25) is 0 Å². The number of ether oxygens (including phenoxy) is 1. The Morgan fingerprint density at radius 2 is 1.78 bits per heavy atom. The number of benzene rings is 2. The van der Waals surface area contributed by atoms with E-state index in [2.05, 4.69) is 31.5 Å². The second-order valence-corrected chi connectivity index (χ2v) is 11.4. The molecule has 2 aliphatic rings. The van der Waals surface area contributed by atoms with Crippen molar-refractivity contribution in [1.82, 2.24) is 25.7 Å². The molecule has 240 valence electrons. The molecule has 0 saturated heterocycles. The van der Waals surface area contributed by atoms with Crippen LogP contribution in [0, 0.1) is 5.92 Å². The summed E-state index contributed by atoms with van der Waals surface area (Å²) in [4.78, 5) is 42.0. The number of para-hydroxylation sites is 2. The van der Waals surface area contributed by atoms with Gasteiger partial charge in [-0.25, -0.2) is 0 Å². The quantitative estimate of drug-likeness (QED) is 0.236. The molecule has 3 amide bonds. The van der Waals surface area contributed by atoms with Crippen LogP contribution < -0.4 is 30.9 Å². The fourth-order valence-corrected chi connectivity index (χ4v) is 5.23. The van der Waals surface area contributed by atoms with Gasteiger partial charge in [0.05, 0.1) is 23.7 Å². The van der Waals surface area contributed by atoms with E-state index in [0.29, 0.717) is 31.1 Å². The smallest absolute Gasteiger partial charge is 0.273 e. The molecule has 0 unspecified atom stereocenters. The maximum Gasteiger partial charge on any atom is 0.273 e. The lowest BCUT2D eigenvalue weighted by Crippen LogP contribution is -2.35. The van der Waals surface area contributed by atoms with Crippen LogP contribution in [0.3, 0.4) is 0 Å². The lowest BCUT2D eigenvalue weighted by molar-refractivity contribution is -0.126. The number of carbonyl (C=O) groups excluding carboxylic acids is 3. The Bertz CT molecular complexity index is 1700. The van der Waals surface area contributed by atoms with Crippen LogP contribution in [0.4, 0.5) is 22.9 Å². The molecule has 1 aliphatic carbocycles. The zero-order chi connectivity index (χ0) is 32.8. The van der Waals surface area contributed by atoms with E-state index in [9.17, 15) is 14.4 Å². The molecule has 46 heavy (non-hydrogen) atoms. The first-order valence-electron chi connectivity index (χ1n) is 15.3. The summed E-state index contributed by atoms with van der Waals surface area (Å²) >= 11 is 0. The van der Waals surface area contributed by atoms with Gasteiger partial charge in [-0.3, -0.25) is 14.4 Å². The van der Waals surface area contributed by atoms with Crippen molar-refractivity contribution < 1.29 is 19.1 Å². The maximum atomic E-state index is 13.3. The van der Waals surface area contributed by atoms with Crippen molar-refractivity contribution in [3.8, 4) is 5.75 Å². The van der Waals surface area contributed by atoms with Gasteiger partial charge in [0.2, 0.25) is 5.91 Å². The van der Waals surface area contributed by atoms with Gasteiger partial charge in [-0.05, 0) is 43.5 Å². The molecule has 1 saturated carbocycles. The van der Waals surface area contributed by atoms with Crippen LogP contribution in [0.1, 0.15) is 41.4 Å². The normalized spacial score (nSPS) is 13.8. The minimum Gasteiger partial charge on any atom is -0.494 e. The number of anilines is 4. The number of carbonyl (C=O) groups is 3. The van der Waals surface area contributed by atoms with E-state index in [1.54, 1.807) is 24.1 Å². The first-order chi connectivity index (χ1) is 22.2. The molecule has 0 radical (unpaired) electrons. The molecule has 12 heteroatoms. The number of hydrogen-bond donors (Lipinski definition) is 4. The number of hydrogen-bond acceptors (Lipinski definition) is 9. The van der Waals surface area contributed by atoms with E-state index < -0.39 is 5.91 Å². The molecule has 0 spiro atoms. The number of likely N-dealkylation sites (N-methyl/N-ethyl adjacent to an activating group) is 1. The van der Waals surface area contributed by atoms with E-state index >= 15 is 0 Å². The number of aromatic nitrogens is 2. The molecule has 1 aliphatic heterocycles. The third-order valence-corrected chi connectivity index (χ3v) is 7.71. The second kappa shape index (κ2) is 14.1. The van der Waals surface area contributed by atoms with E-state index in [-0.39, 0.29) is 29.2 Å². The number of nitrogens with one attached hydrogen (secondary N) is 4. The Hall–Kier alpha value is -5.39. The Kier molecular flexibility index (Phi) is 9.85. The third-order valence-electron chi connectivity index (χ3n) is 7.71. The number of allylic oxidation sites excluding steroid dienone is 2. The van der Waals surface area contributed by atoms with Gasteiger partial charge in [0, 0.05) is 64.4 Å². The monoisotopic (exact) mass is 624 g/mol. The predicted octanol–water partition coefficient (Wildman–Crippen LogP) is 3.92. The average Bonchev–Trinajstić information content (AvgIpc) is 3.91. The van der Waals surface area contributed by atoms with Crippen molar-refractivity contribution in [3.63, 3.8) is 0 Å². The topological polar surface area (TPSA) is 141 Å². The summed E-state index contributed by atoms with van der Waals surface area (Å²) in [5, 5.41) is 20.2. The van der Waals surface area contributed by atoms with Crippen LogP contribution in [0.25, 0.3) is 5.57 Å². The summed E-state index contributed by atoms with van der Waals surface area (Å²) < 4.78 is 5.73. The zero-order valence-corrected chi connectivity index (χ0v) is 26.8. The molecule has 4 N–H and O–H groups in total. The van der Waals surface area contributed by atoms with Crippen LogP contribution in [0.5, 0.6) is 5.75 Å².